The van der Waals surface area contributed by atoms with Crippen LogP contribution in [0.15, 0.2) is 42.5 Å². The van der Waals surface area contributed by atoms with Crippen molar-refractivity contribution in [2.24, 2.45) is 11.8 Å². The predicted octanol–water partition coefficient (Wildman–Crippen LogP) is 3.50. The number of carbonyl (C=O) groups is 3. The molecule has 2 aliphatic carbocycles. The van der Waals surface area contributed by atoms with Gasteiger partial charge in [-0.3, -0.25) is 14.4 Å². The third kappa shape index (κ3) is 4.37. The molecule has 41 heavy (non-hydrogen) atoms. The molecule has 0 aromatic heterocycles. The normalized spacial score (nSPS) is 30.0. The van der Waals surface area contributed by atoms with Crippen molar-refractivity contribution in [3.8, 4) is 17.2 Å². The highest BCUT2D eigenvalue weighted by atomic mass is 35.5. The van der Waals surface area contributed by atoms with Gasteiger partial charge in [0, 0.05) is 41.1 Å². The van der Waals surface area contributed by atoms with Crippen molar-refractivity contribution in [3.63, 3.8) is 0 Å². The summed E-state index contributed by atoms with van der Waals surface area (Å²) in [7, 11) is 0. The van der Waals surface area contributed by atoms with E-state index in [0.29, 0.717) is 24.1 Å². The quantitative estimate of drug-likeness (QED) is 0.498. The first kappa shape index (κ1) is 27.6. The van der Waals surface area contributed by atoms with Gasteiger partial charge in [-0.15, -0.1) is 0 Å². The molecule has 3 saturated heterocycles. The number of carbonyl (C=O) groups excluding carboxylic acids is 3. The highest BCUT2D eigenvalue weighted by molar-refractivity contribution is 6.31. The number of nitrogens with zero attached hydrogens (tertiary/aromatic N) is 2. The number of nitriles is 1. The maximum absolute atomic E-state index is 15.3. The van der Waals surface area contributed by atoms with Gasteiger partial charge in [0.1, 0.15) is 12.1 Å². The smallest absolute Gasteiger partial charge is 0.264 e. The lowest BCUT2D eigenvalue weighted by atomic mass is 9.70. The standard InChI is InChI=1S/C30H29ClF2N4O4/c31-17-7-9-21-20-5-1-2-6-22(20)30(41,24(21)13-17)28(40)37-19-8-10-23(29(32,33)14-19)25(37)27(39)36-18(15-34)12-16-4-3-11-35-26(16)38/h1-2,5-7,9,13,16,18-19,23,25,41H,3-4,8,10-12,14H2,(H,35,38)(H,36,39)/t16-,18-,19-,23-,25-,30-/m0/s1. The Bertz CT molecular complexity index is 1480. The van der Waals surface area contributed by atoms with Gasteiger partial charge >= 0.3 is 0 Å². The fourth-order valence-corrected chi connectivity index (χ4v) is 7.36. The van der Waals surface area contributed by atoms with Crippen LogP contribution in [-0.4, -0.2) is 58.3 Å². The van der Waals surface area contributed by atoms with Crippen molar-refractivity contribution < 1.29 is 28.3 Å². The summed E-state index contributed by atoms with van der Waals surface area (Å²) in [5.74, 6) is -7.19. The predicted molar refractivity (Wildman–Crippen MR) is 144 cm³/mol. The van der Waals surface area contributed by atoms with E-state index in [2.05, 4.69) is 10.6 Å². The molecule has 5 aliphatic rings. The number of aliphatic hydroxyl groups is 1. The zero-order chi connectivity index (χ0) is 29.1. The van der Waals surface area contributed by atoms with Gasteiger partial charge in [0.25, 0.3) is 11.8 Å². The molecule has 3 aliphatic heterocycles. The second-order valence-corrected chi connectivity index (χ2v) is 11.9. The van der Waals surface area contributed by atoms with Crippen LogP contribution in [0.5, 0.6) is 0 Å². The van der Waals surface area contributed by atoms with Crippen molar-refractivity contribution in [2.75, 3.05) is 6.54 Å². The molecule has 7 rings (SSSR count). The van der Waals surface area contributed by atoms with Gasteiger partial charge in [-0.05, 0) is 55.4 Å². The molecule has 3 amide bonds. The number of amides is 3. The zero-order valence-corrected chi connectivity index (χ0v) is 22.8. The van der Waals surface area contributed by atoms with E-state index in [1.54, 1.807) is 36.4 Å². The molecule has 8 nitrogen and oxygen atoms in total. The fourth-order valence-electron chi connectivity index (χ4n) is 7.19. The number of benzene rings is 2. The molecule has 214 valence electrons. The third-order valence-electron chi connectivity index (χ3n) is 9.12. The number of piperidine rings is 3. The van der Waals surface area contributed by atoms with E-state index in [1.165, 1.54) is 6.07 Å². The summed E-state index contributed by atoms with van der Waals surface area (Å²) in [6.45, 7) is 0.538. The monoisotopic (exact) mass is 582 g/mol. The lowest BCUT2D eigenvalue weighted by molar-refractivity contribution is -0.201. The SMILES string of the molecule is N#C[C@H](C[C@@H]1CCCNC1=O)NC(=O)[C@@H]1[C@@H]2CC[C@@H](CC2(F)F)N1C(=O)[C@]1(O)c2ccccc2-c2ccc(Cl)cc21. The fraction of sp³-hybridized carbons (Fsp3) is 0.467. The molecule has 0 radical (unpaired) electrons. The number of hydrogen-bond donors (Lipinski definition) is 3. The topological polar surface area (TPSA) is 123 Å². The highest BCUT2D eigenvalue weighted by Gasteiger charge is 2.63. The van der Waals surface area contributed by atoms with Crippen LogP contribution in [0.3, 0.4) is 0 Å². The summed E-state index contributed by atoms with van der Waals surface area (Å²) in [5.41, 5.74) is -0.546. The second kappa shape index (κ2) is 10.1. The molecule has 0 unspecified atom stereocenters. The molecule has 4 fully saturated rings. The van der Waals surface area contributed by atoms with E-state index in [4.69, 9.17) is 11.6 Å². The van der Waals surface area contributed by atoms with Crippen LogP contribution in [0.1, 0.15) is 49.7 Å². The molecule has 0 spiro atoms. The maximum atomic E-state index is 15.3. The Balaban J connectivity index is 1.36. The van der Waals surface area contributed by atoms with Gasteiger partial charge in [0.2, 0.25) is 11.8 Å². The van der Waals surface area contributed by atoms with Gasteiger partial charge in [-0.25, -0.2) is 8.78 Å². The van der Waals surface area contributed by atoms with Crippen molar-refractivity contribution >= 4 is 29.3 Å². The van der Waals surface area contributed by atoms with Crippen LogP contribution >= 0.6 is 11.6 Å². The van der Waals surface area contributed by atoms with Gasteiger partial charge in [0.15, 0.2) is 5.60 Å². The molecule has 3 heterocycles. The largest absolute Gasteiger partial charge is 0.372 e. The summed E-state index contributed by atoms with van der Waals surface area (Å²) in [5, 5.41) is 27.6. The van der Waals surface area contributed by atoms with Gasteiger partial charge < -0.3 is 20.6 Å². The Morgan fingerprint density at radius 3 is 2.66 bits per heavy atom. The second-order valence-electron chi connectivity index (χ2n) is 11.5. The minimum Gasteiger partial charge on any atom is -0.372 e. The maximum Gasteiger partial charge on any atom is 0.264 e. The van der Waals surface area contributed by atoms with Crippen LogP contribution < -0.4 is 10.6 Å². The first-order chi connectivity index (χ1) is 19.6. The van der Waals surface area contributed by atoms with Crippen LogP contribution in [0.25, 0.3) is 11.1 Å². The molecular weight excluding hydrogens is 554 g/mol. The first-order valence-corrected chi connectivity index (χ1v) is 14.2. The van der Waals surface area contributed by atoms with E-state index < -0.39 is 59.7 Å². The highest BCUT2D eigenvalue weighted by Crippen LogP contribution is 2.54. The Morgan fingerprint density at radius 2 is 1.93 bits per heavy atom. The first-order valence-electron chi connectivity index (χ1n) is 13.9. The number of fused-ring (bicyclic) bond motifs is 6. The summed E-state index contributed by atoms with van der Waals surface area (Å²) in [6, 6.07) is 9.88. The summed E-state index contributed by atoms with van der Waals surface area (Å²) >= 11 is 6.27. The van der Waals surface area contributed by atoms with E-state index in [9.17, 15) is 24.8 Å². The average Bonchev–Trinajstić information content (AvgIpc) is 3.21. The van der Waals surface area contributed by atoms with Crippen molar-refractivity contribution in [3.05, 3.63) is 58.6 Å². The molecule has 1 saturated carbocycles. The number of hydrogen-bond acceptors (Lipinski definition) is 5. The Labute approximate surface area is 240 Å². The summed E-state index contributed by atoms with van der Waals surface area (Å²) in [6.07, 6.45) is 0.943. The Hall–Kier alpha value is -3.55. The van der Waals surface area contributed by atoms with E-state index >= 15 is 8.78 Å². The average molecular weight is 583 g/mol. The minimum absolute atomic E-state index is 0.0131. The molecule has 2 aromatic carbocycles. The summed E-state index contributed by atoms with van der Waals surface area (Å²) in [4.78, 5) is 41.6. The van der Waals surface area contributed by atoms with Crippen molar-refractivity contribution in [2.45, 2.75) is 68.2 Å². The van der Waals surface area contributed by atoms with Crippen LogP contribution in [-0.2, 0) is 20.0 Å². The van der Waals surface area contributed by atoms with E-state index in [-0.39, 0.29) is 41.3 Å². The zero-order valence-electron chi connectivity index (χ0n) is 22.1. The van der Waals surface area contributed by atoms with Crippen LogP contribution in [0.4, 0.5) is 8.78 Å². The number of halogens is 3. The lowest BCUT2D eigenvalue weighted by Gasteiger charge is -2.54. The molecule has 2 aromatic rings. The third-order valence-corrected chi connectivity index (χ3v) is 9.35. The van der Waals surface area contributed by atoms with Crippen LogP contribution in [0, 0.1) is 23.2 Å². The van der Waals surface area contributed by atoms with E-state index in [0.717, 1.165) is 11.3 Å². The Kier molecular flexibility index (Phi) is 6.78. The van der Waals surface area contributed by atoms with Crippen LogP contribution in [0.2, 0.25) is 5.02 Å². The Morgan fingerprint density at radius 1 is 1.17 bits per heavy atom. The minimum atomic E-state index is -3.22. The molecule has 3 N–H and O–H groups in total. The van der Waals surface area contributed by atoms with Crippen molar-refractivity contribution in [1.29, 1.82) is 5.26 Å². The lowest BCUT2D eigenvalue weighted by Crippen LogP contribution is -2.70. The van der Waals surface area contributed by atoms with Gasteiger partial charge in [-0.2, -0.15) is 5.26 Å². The number of rotatable bonds is 5. The molecule has 6 atom stereocenters. The molecule has 2 bridgehead atoms. The summed E-state index contributed by atoms with van der Waals surface area (Å²) < 4.78 is 30.6. The van der Waals surface area contributed by atoms with Gasteiger partial charge in [-0.1, -0.05) is 41.9 Å². The van der Waals surface area contributed by atoms with Gasteiger partial charge in [0.05, 0.1) is 12.0 Å². The number of nitrogens with one attached hydrogen (secondary N) is 2. The van der Waals surface area contributed by atoms with Crippen molar-refractivity contribution in [1.82, 2.24) is 15.5 Å². The molecular formula is C30H29ClF2N4O4. The number of alkyl halides is 2. The molecule has 11 heteroatoms. The van der Waals surface area contributed by atoms with E-state index in [1.807, 2.05) is 6.07 Å².